The van der Waals surface area contributed by atoms with Crippen LogP contribution in [0.4, 0.5) is 4.39 Å². The smallest absolute Gasteiger partial charge is 0.271 e. The average molecular weight is 351 g/mol. The van der Waals surface area contributed by atoms with E-state index in [4.69, 9.17) is 0 Å². The summed E-state index contributed by atoms with van der Waals surface area (Å²) in [6.45, 7) is 0.464. The Labute approximate surface area is 147 Å². The Morgan fingerprint density at radius 3 is 2.56 bits per heavy atom. The normalized spacial score (nSPS) is 10.9. The zero-order valence-corrected chi connectivity index (χ0v) is 14.0. The summed E-state index contributed by atoms with van der Waals surface area (Å²) in [5.41, 5.74) is 2.34. The van der Waals surface area contributed by atoms with Crippen LogP contribution < -0.4 is 5.32 Å². The minimum absolute atomic E-state index is 0.205. The number of aromatic nitrogens is 2. The molecule has 4 aromatic rings. The topological polar surface area (TPSA) is 46.4 Å². The third-order valence-electron chi connectivity index (χ3n) is 3.81. The Kier molecular flexibility index (Phi) is 4.03. The summed E-state index contributed by atoms with van der Waals surface area (Å²) in [4.78, 5) is 18.3. The van der Waals surface area contributed by atoms with Crippen molar-refractivity contribution in [1.29, 1.82) is 0 Å². The highest BCUT2D eigenvalue weighted by molar-refractivity contribution is 7.20. The van der Waals surface area contributed by atoms with Crippen LogP contribution in [0.1, 0.15) is 16.1 Å². The SMILES string of the molecule is O=C(NCc1ccccc1)c1cn2cc(-c3ccc(F)cc3)sc2n1. The Bertz CT molecular complexity index is 990. The van der Waals surface area contributed by atoms with E-state index in [0.29, 0.717) is 12.2 Å². The van der Waals surface area contributed by atoms with Crippen LogP contribution in [-0.2, 0) is 6.54 Å². The Morgan fingerprint density at radius 2 is 1.84 bits per heavy atom. The summed E-state index contributed by atoms with van der Waals surface area (Å²) in [6.07, 6.45) is 3.60. The van der Waals surface area contributed by atoms with Gasteiger partial charge in [-0.05, 0) is 23.3 Å². The van der Waals surface area contributed by atoms with Gasteiger partial charge < -0.3 is 5.32 Å². The fourth-order valence-electron chi connectivity index (χ4n) is 2.52. The summed E-state index contributed by atoms with van der Waals surface area (Å²) in [6, 6.07) is 16.0. The zero-order chi connectivity index (χ0) is 17.2. The van der Waals surface area contributed by atoms with Crippen molar-refractivity contribution in [3.05, 3.63) is 84.1 Å². The molecule has 2 aromatic heterocycles. The van der Waals surface area contributed by atoms with E-state index < -0.39 is 0 Å². The number of carbonyl (C=O) groups excluding carboxylic acids is 1. The van der Waals surface area contributed by atoms with Gasteiger partial charge in [-0.3, -0.25) is 9.20 Å². The number of benzene rings is 2. The number of hydrogen-bond donors (Lipinski definition) is 1. The maximum absolute atomic E-state index is 13.0. The summed E-state index contributed by atoms with van der Waals surface area (Å²) in [5, 5.41) is 2.87. The van der Waals surface area contributed by atoms with Gasteiger partial charge in [-0.25, -0.2) is 9.37 Å². The van der Waals surface area contributed by atoms with Gasteiger partial charge in [0.05, 0.1) is 4.88 Å². The molecule has 0 unspecified atom stereocenters. The number of hydrogen-bond acceptors (Lipinski definition) is 3. The summed E-state index contributed by atoms with van der Waals surface area (Å²) >= 11 is 1.46. The minimum Gasteiger partial charge on any atom is -0.347 e. The molecule has 124 valence electrons. The lowest BCUT2D eigenvalue weighted by molar-refractivity contribution is 0.0946. The molecule has 0 aliphatic carbocycles. The van der Waals surface area contributed by atoms with E-state index in [-0.39, 0.29) is 11.7 Å². The minimum atomic E-state index is -0.262. The second-order valence-corrected chi connectivity index (χ2v) is 6.60. The molecule has 6 heteroatoms. The molecule has 0 bridgehead atoms. The lowest BCUT2D eigenvalue weighted by Crippen LogP contribution is -2.23. The van der Waals surface area contributed by atoms with Crippen molar-refractivity contribution in [2.75, 3.05) is 0 Å². The number of amides is 1. The first-order valence-corrected chi connectivity index (χ1v) is 8.57. The van der Waals surface area contributed by atoms with Crippen LogP contribution >= 0.6 is 11.3 Å². The third-order valence-corrected chi connectivity index (χ3v) is 4.86. The molecule has 0 aliphatic rings. The number of thiazole rings is 1. The molecule has 4 nitrogen and oxygen atoms in total. The number of carbonyl (C=O) groups is 1. The zero-order valence-electron chi connectivity index (χ0n) is 13.1. The van der Waals surface area contributed by atoms with Crippen molar-refractivity contribution < 1.29 is 9.18 Å². The van der Waals surface area contributed by atoms with E-state index in [2.05, 4.69) is 10.3 Å². The van der Waals surface area contributed by atoms with Crippen LogP contribution in [0.5, 0.6) is 0 Å². The van der Waals surface area contributed by atoms with Crippen molar-refractivity contribution in [3.63, 3.8) is 0 Å². The average Bonchev–Trinajstić information content (AvgIpc) is 3.20. The maximum Gasteiger partial charge on any atom is 0.271 e. The van der Waals surface area contributed by atoms with Gasteiger partial charge in [-0.15, -0.1) is 0 Å². The lowest BCUT2D eigenvalue weighted by atomic mass is 10.2. The Balaban J connectivity index is 1.51. The lowest BCUT2D eigenvalue weighted by Gasteiger charge is -2.02. The molecule has 2 aromatic carbocycles. The van der Waals surface area contributed by atoms with Crippen LogP contribution in [0.15, 0.2) is 67.0 Å². The van der Waals surface area contributed by atoms with Crippen LogP contribution in [0.2, 0.25) is 0 Å². The monoisotopic (exact) mass is 351 g/mol. The highest BCUT2D eigenvalue weighted by Crippen LogP contribution is 2.28. The van der Waals surface area contributed by atoms with Crippen LogP contribution in [0, 0.1) is 5.82 Å². The van der Waals surface area contributed by atoms with Crippen molar-refractivity contribution in [2.24, 2.45) is 0 Å². The van der Waals surface area contributed by atoms with Gasteiger partial charge in [0, 0.05) is 18.9 Å². The molecular formula is C19H14FN3OS. The van der Waals surface area contributed by atoms with E-state index in [1.165, 1.54) is 23.5 Å². The standard InChI is InChI=1S/C19H14FN3OS/c20-15-8-6-14(7-9-15)17-12-23-11-16(22-19(23)25-17)18(24)21-10-13-4-2-1-3-5-13/h1-9,11-12H,10H2,(H,21,24). The van der Waals surface area contributed by atoms with E-state index >= 15 is 0 Å². The molecule has 2 heterocycles. The van der Waals surface area contributed by atoms with Crippen molar-refractivity contribution in [1.82, 2.24) is 14.7 Å². The maximum atomic E-state index is 13.0. The largest absolute Gasteiger partial charge is 0.347 e. The second-order valence-electron chi connectivity index (χ2n) is 5.59. The van der Waals surface area contributed by atoms with Crippen molar-refractivity contribution in [2.45, 2.75) is 6.54 Å². The quantitative estimate of drug-likeness (QED) is 0.601. The van der Waals surface area contributed by atoms with Crippen LogP contribution in [0.25, 0.3) is 15.4 Å². The molecule has 4 rings (SSSR count). The number of rotatable bonds is 4. The van der Waals surface area contributed by atoms with Gasteiger partial charge in [-0.1, -0.05) is 53.8 Å². The first kappa shape index (κ1) is 15.5. The predicted molar refractivity (Wildman–Crippen MR) is 96.1 cm³/mol. The molecular weight excluding hydrogens is 337 g/mol. The number of nitrogens with one attached hydrogen (secondary N) is 1. The first-order valence-electron chi connectivity index (χ1n) is 7.76. The molecule has 0 radical (unpaired) electrons. The van der Waals surface area contributed by atoms with Gasteiger partial charge in [0.2, 0.25) is 0 Å². The molecule has 0 atom stereocenters. The second kappa shape index (κ2) is 6.49. The highest BCUT2D eigenvalue weighted by atomic mass is 32.1. The van der Waals surface area contributed by atoms with E-state index in [1.54, 1.807) is 18.3 Å². The highest BCUT2D eigenvalue weighted by Gasteiger charge is 2.13. The van der Waals surface area contributed by atoms with E-state index in [0.717, 1.165) is 21.0 Å². The fraction of sp³-hybridized carbons (Fsp3) is 0.0526. The van der Waals surface area contributed by atoms with E-state index in [9.17, 15) is 9.18 Å². The number of imidazole rings is 1. The van der Waals surface area contributed by atoms with Gasteiger partial charge >= 0.3 is 0 Å². The summed E-state index contributed by atoms with van der Waals surface area (Å²) in [5.74, 6) is -0.467. The molecule has 0 saturated carbocycles. The van der Waals surface area contributed by atoms with Gasteiger partial charge in [0.25, 0.3) is 5.91 Å². The molecule has 0 aliphatic heterocycles. The molecule has 0 saturated heterocycles. The fourth-order valence-corrected chi connectivity index (χ4v) is 3.49. The molecule has 0 fully saturated rings. The predicted octanol–water partition coefficient (Wildman–Crippen LogP) is 4.13. The number of halogens is 1. The third kappa shape index (κ3) is 3.29. The number of fused-ring (bicyclic) bond motifs is 1. The number of nitrogens with zero attached hydrogens (tertiary/aromatic N) is 2. The van der Waals surface area contributed by atoms with Crippen LogP contribution in [-0.4, -0.2) is 15.3 Å². The molecule has 1 amide bonds. The van der Waals surface area contributed by atoms with Crippen LogP contribution in [0.3, 0.4) is 0 Å². The van der Waals surface area contributed by atoms with Gasteiger partial charge in [0.1, 0.15) is 11.5 Å². The Hall–Kier alpha value is -2.99. The molecule has 25 heavy (non-hydrogen) atoms. The summed E-state index contributed by atoms with van der Waals surface area (Å²) < 4.78 is 14.8. The first-order chi connectivity index (χ1) is 12.2. The van der Waals surface area contributed by atoms with Crippen molar-refractivity contribution >= 4 is 22.2 Å². The van der Waals surface area contributed by atoms with Gasteiger partial charge in [0.15, 0.2) is 4.96 Å². The molecule has 0 spiro atoms. The van der Waals surface area contributed by atoms with Crippen molar-refractivity contribution in [3.8, 4) is 10.4 Å². The van der Waals surface area contributed by atoms with Gasteiger partial charge in [-0.2, -0.15) is 0 Å². The summed E-state index contributed by atoms with van der Waals surface area (Å²) in [7, 11) is 0. The molecule has 1 N–H and O–H groups in total. The van der Waals surface area contributed by atoms with E-state index in [1.807, 2.05) is 40.9 Å². The Morgan fingerprint density at radius 1 is 1.08 bits per heavy atom.